The Labute approximate surface area is 253 Å². The van der Waals surface area contributed by atoms with Crippen LogP contribution in [-0.2, 0) is 28.6 Å². The van der Waals surface area contributed by atoms with Crippen LogP contribution in [-0.4, -0.2) is 59.8 Å². The lowest BCUT2D eigenvalue weighted by atomic mass is 10.0. The molecule has 0 spiro atoms. The van der Waals surface area contributed by atoms with Crippen molar-refractivity contribution in [2.75, 3.05) is 12.4 Å². The van der Waals surface area contributed by atoms with Crippen molar-refractivity contribution >= 4 is 41.4 Å². The number of ether oxygens (including phenoxy) is 4. The lowest BCUT2D eigenvalue weighted by molar-refractivity contribution is -0.384. The van der Waals surface area contributed by atoms with Crippen LogP contribution in [0.1, 0.15) is 53.2 Å². The number of non-ortho nitro benzene ring substituents is 1. The van der Waals surface area contributed by atoms with Gasteiger partial charge in [-0.2, -0.15) is 0 Å². The molecule has 0 aliphatic heterocycles. The van der Waals surface area contributed by atoms with Crippen LogP contribution in [0, 0.1) is 16.0 Å². The van der Waals surface area contributed by atoms with E-state index in [0.717, 1.165) is 19.2 Å². The molecule has 0 aliphatic rings. The van der Waals surface area contributed by atoms with Crippen LogP contribution < -0.4 is 20.7 Å². The molecule has 2 rings (SSSR count). The molecule has 15 nitrogen and oxygen atoms in total. The molecule has 2 aromatic rings. The fourth-order valence-electron chi connectivity index (χ4n) is 3.54. The van der Waals surface area contributed by atoms with Gasteiger partial charge in [0.05, 0.1) is 12.0 Å². The number of hydrogen-bond acceptors (Lipinski definition) is 11. The fourth-order valence-corrected chi connectivity index (χ4v) is 3.54. The van der Waals surface area contributed by atoms with Crippen molar-refractivity contribution in [3.8, 4) is 5.75 Å². The molecule has 15 heteroatoms. The largest absolute Gasteiger partial charge is 0.515 e. The summed E-state index contributed by atoms with van der Waals surface area (Å²) >= 11 is 0. The third kappa shape index (κ3) is 10.9. The quantitative estimate of drug-likeness (QED) is 0.108. The van der Waals surface area contributed by atoms with Gasteiger partial charge in [-0.15, -0.1) is 0 Å². The number of methoxy groups -OCH3 is 1. The van der Waals surface area contributed by atoms with Crippen LogP contribution >= 0.6 is 0 Å². The van der Waals surface area contributed by atoms with E-state index < -0.39 is 58.7 Å². The molecule has 2 aromatic carbocycles. The van der Waals surface area contributed by atoms with Gasteiger partial charge < -0.3 is 34.9 Å². The topological polar surface area (TPSA) is 201 Å². The van der Waals surface area contributed by atoms with Gasteiger partial charge in [0.2, 0.25) is 17.9 Å². The summed E-state index contributed by atoms with van der Waals surface area (Å²) < 4.78 is 20.0. The van der Waals surface area contributed by atoms with Gasteiger partial charge in [-0.1, -0.05) is 26.0 Å². The zero-order valence-corrected chi connectivity index (χ0v) is 25.4. The molecule has 3 atom stereocenters. The summed E-state index contributed by atoms with van der Waals surface area (Å²) in [4.78, 5) is 72.6. The number of nitro groups is 1. The minimum Gasteiger partial charge on any atom is -0.466 e. The number of nitrogens with one attached hydrogen (secondary N) is 3. The molecule has 0 fully saturated rings. The molecule has 1 unspecified atom stereocenters. The van der Waals surface area contributed by atoms with Crippen molar-refractivity contribution < 1.29 is 47.8 Å². The maximum Gasteiger partial charge on any atom is 0.515 e. The Morgan fingerprint density at radius 2 is 1.45 bits per heavy atom. The standard InChI is InChI=1S/C29H36N4O11/c1-16(2)22(32-27(37)44-29(4,5)6)25(35)30-17(3)24(34)31-19-10-8-18(9-11-19)23(26(36)41-7)43-28(38)42-21-14-12-20(13-15-21)33(39)40/h8-17,22-23H,1-7H3,(H,30,35)(H,31,34)(H,32,37)/t17-,22-,23?/m0/s1. The van der Waals surface area contributed by atoms with Crippen molar-refractivity contribution in [3.05, 3.63) is 64.2 Å². The third-order valence-corrected chi connectivity index (χ3v) is 5.73. The number of benzene rings is 2. The predicted octanol–water partition coefficient (Wildman–Crippen LogP) is 4.02. The highest BCUT2D eigenvalue weighted by Gasteiger charge is 2.30. The van der Waals surface area contributed by atoms with E-state index in [4.69, 9.17) is 18.9 Å². The minimum atomic E-state index is -1.53. The van der Waals surface area contributed by atoms with E-state index in [2.05, 4.69) is 16.0 Å². The number of amides is 3. The van der Waals surface area contributed by atoms with Gasteiger partial charge in [-0.25, -0.2) is 14.4 Å². The molecule has 3 amide bonds. The van der Waals surface area contributed by atoms with E-state index in [-0.39, 0.29) is 22.9 Å². The Hall–Kier alpha value is -5.21. The smallest absolute Gasteiger partial charge is 0.466 e. The number of rotatable bonds is 11. The molecule has 0 bridgehead atoms. The van der Waals surface area contributed by atoms with Gasteiger partial charge in [0.25, 0.3) is 5.69 Å². The SMILES string of the molecule is COC(=O)C(OC(=O)Oc1ccc([N+](=O)[O-])cc1)c1ccc(NC(=O)[C@H](C)NC(=O)[C@@H](NC(=O)OC(C)(C)C)C(C)C)cc1. The molecule has 0 aromatic heterocycles. The number of nitrogens with zero attached hydrogens (tertiary/aromatic N) is 1. The first kappa shape index (κ1) is 35.0. The van der Waals surface area contributed by atoms with Crippen molar-refractivity contribution in [2.45, 2.75) is 65.3 Å². The molecule has 0 radical (unpaired) electrons. The lowest BCUT2D eigenvalue weighted by Gasteiger charge is -2.26. The van der Waals surface area contributed by atoms with Gasteiger partial charge in [0.15, 0.2) is 0 Å². The highest BCUT2D eigenvalue weighted by atomic mass is 16.7. The third-order valence-electron chi connectivity index (χ3n) is 5.73. The molecular weight excluding hydrogens is 580 g/mol. The first-order chi connectivity index (χ1) is 20.5. The summed E-state index contributed by atoms with van der Waals surface area (Å²) in [5, 5.41) is 18.5. The second kappa shape index (κ2) is 15.3. The van der Waals surface area contributed by atoms with E-state index in [1.807, 2.05) is 0 Å². The van der Waals surface area contributed by atoms with Gasteiger partial charge in [0, 0.05) is 23.4 Å². The van der Waals surface area contributed by atoms with E-state index in [9.17, 15) is 34.1 Å². The van der Waals surface area contributed by atoms with Crippen molar-refractivity contribution in [1.82, 2.24) is 10.6 Å². The van der Waals surface area contributed by atoms with Crippen LogP contribution in [0.15, 0.2) is 48.5 Å². The monoisotopic (exact) mass is 616 g/mol. The summed E-state index contributed by atoms with van der Waals surface area (Å²) in [5.41, 5.74) is -0.488. The van der Waals surface area contributed by atoms with Crippen LogP contribution in [0.4, 0.5) is 21.0 Å². The summed E-state index contributed by atoms with van der Waals surface area (Å²) in [6, 6.07) is 8.35. The average Bonchev–Trinajstić information content (AvgIpc) is 2.93. The molecule has 0 aliphatic carbocycles. The van der Waals surface area contributed by atoms with Gasteiger partial charge in [-0.3, -0.25) is 19.7 Å². The van der Waals surface area contributed by atoms with E-state index in [0.29, 0.717) is 5.69 Å². The van der Waals surface area contributed by atoms with Gasteiger partial charge in [-0.05, 0) is 57.9 Å². The molecule has 0 heterocycles. The Bertz CT molecular complexity index is 1350. The Morgan fingerprint density at radius 1 is 0.864 bits per heavy atom. The maximum atomic E-state index is 12.8. The lowest BCUT2D eigenvalue weighted by Crippen LogP contribution is -2.54. The Kier molecular flexibility index (Phi) is 12.2. The summed E-state index contributed by atoms with van der Waals surface area (Å²) in [5.74, 6) is -2.43. The number of alkyl carbamates (subject to hydrolysis) is 1. The number of carbonyl (C=O) groups is 5. The van der Waals surface area contributed by atoms with Crippen molar-refractivity contribution in [2.24, 2.45) is 5.92 Å². The number of carbonyl (C=O) groups excluding carboxylic acids is 5. The van der Waals surface area contributed by atoms with Crippen LogP contribution in [0.3, 0.4) is 0 Å². The minimum absolute atomic E-state index is 0.0520. The summed E-state index contributed by atoms with van der Waals surface area (Å²) in [6.45, 7) is 10.00. The normalized spacial score (nSPS) is 13.0. The highest BCUT2D eigenvalue weighted by Crippen LogP contribution is 2.24. The Morgan fingerprint density at radius 3 is 1.95 bits per heavy atom. The maximum absolute atomic E-state index is 12.8. The first-order valence-corrected chi connectivity index (χ1v) is 13.4. The molecule has 0 saturated heterocycles. The van der Waals surface area contributed by atoms with E-state index in [1.165, 1.54) is 43.3 Å². The highest BCUT2D eigenvalue weighted by molar-refractivity contribution is 5.98. The van der Waals surface area contributed by atoms with Crippen LogP contribution in [0.2, 0.25) is 0 Å². The Balaban J connectivity index is 2.03. The summed E-state index contributed by atoms with van der Waals surface area (Å²) in [6.07, 6.45) is -3.56. The number of esters is 1. The summed E-state index contributed by atoms with van der Waals surface area (Å²) in [7, 11) is 1.09. The first-order valence-electron chi connectivity index (χ1n) is 13.4. The van der Waals surface area contributed by atoms with Crippen LogP contribution in [0.25, 0.3) is 0 Å². The second-order valence-corrected chi connectivity index (χ2v) is 10.8. The van der Waals surface area contributed by atoms with E-state index in [1.54, 1.807) is 34.6 Å². The number of anilines is 1. The number of hydrogen-bond donors (Lipinski definition) is 3. The van der Waals surface area contributed by atoms with Crippen molar-refractivity contribution in [1.29, 1.82) is 0 Å². The molecule has 44 heavy (non-hydrogen) atoms. The van der Waals surface area contributed by atoms with Crippen molar-refractivity contribution in [3.63, 3.8) is 0 Å². The van der Waals surface area contributed by atoms with E-state index >= 15 is 0 Å². The molecule has 0 saturated carbocycles. The zero-order chi connectivity index (χ0) is 33.2. The average molecular weight is 617 g/mol. The van der Waals surface area contributed by atoms with Gasteiger partial charge >= 0.3 is 18.2 Å². The molecular formula is C29H36N4O11. The fraction of sp³-hybridized carbons (Fsp3) is 0.414. The predicted molar refractivity (Wildman–Crippen MR) is 156 cm³/mol. The molecule has 3 N–H and O–H groups in total. The van der Waals surface area contributed by atoms with Crippen LogP contribution in [0.5, 0.6) is 5.75 Å². The zero-order valence-electron chi connectivity index (χ0n) is 25.4. The second-order valence-electron chi connectivity index (χ2n) is 10.8. The molecule has 238 valence electrons. The van der Waals surface area contributed by atoms with Gasteiger partial charge in [0.1, 0.15) is 23.4 Å². The number of nitro benzene ring substituents is 1.